The summed E-state index contributed by atoms with van der Waals surface area (Å²) >= 11 is 2.23. The molecule has 0 aliphatic carbocycles. The topological polar surface area (TPSA) is 70.1 Å². The predicted molar refractivity (Wildman–Crippen MR) is 143 cm³/mol. The summed E-state index contributed by atoms with van der Waals surface area (Å²) in [4.78, 5) is 30.1. The van der Waals surface area contributed by atoms with Gasteiger partial charge in [-0.15, -0.1) is 0 Å². The third-order valence-corrected chi connectivity index (χ3v) is 6.81. The minimum atomic E-state index is -0.643. The van der Waals surface area contributed by atoms with E-state index in [1.54, 1.807) is 29.2 Å². The first-order valence-corrected chi connectivity index (χ1v) is 13.0. The van der Waals surface area contributed by atoms with E-state index in [9.17, 15) is 14.7 Å². The monoisotopic (exact) mass is 576 g/mol. The Morgan fingerprint density at radius 3 is 2.26 bits per heavy atom. The van der Waals surface area contributed by atoms with Crippen molar-refractivity contribution < 1.29 is 19.4 Å². The molecule has 1 saturated heterocycles. The quantitative estimate of drug-likeness (QED) is 0.172. The zero-order chi connectivity index (χ0) is 24.7. The fourth-order valence-corrected chi connectivity index (χ4v) is 4.55. The normalized spacial score (nSPS) is 17.6. The molecule has 1 fully saturated rings. The molecule has 34 heavy (non-hydrogen) atoms. The third kappa shape index (κ3) is 5.99. The van der Waals surface area contributed by atoms with E-state index in [0.717, 1.165) is 41.6 Å². The van der Waals surface area contributed by atoms with Gasteiger partial charge in [0.15, 0.2) is 0 Å². The second-order valence-corrected chi connectivity index (χ2v) is 9.54. The van der Waals surface area contributed by atoms with Crippen molar-refractivity contribution in [3.63, 3.8) is 0 Å². The van der Waals surface area contributed by atoms with Crippen molar-refractivity contribution >= 4 is 40.0 Å². The van der Waals surface area contributed by atoms with Crippen LogP contribution >= 0.6 is 22.6 Å². The number of likely N-dealkylation sites (tertiary alicyclic amines) is 1. The number of ketones is 1. The van der Waals surface area contributed by atoms with Crippen molar-refractivity contribution in [1.82, 2.24) is 9.80 Å². The van der Waals surface area contributed by atoms with Gasteiger partial charge in [-0.1, -0.05) is 32.9 Å². The standard InChI is InChI=1S/C27H33IN2O4/c1-4-18-34-22-14-10-20(11-15-22)25(31)23-24(19-8-12-21(28)13-9-19)30(27(33)26(23)32)17-7-16-29(5-2)6-3/h8-15,24,31H,4-7,16-18H2,1-3H3. The van der Waals surface area contributed by atoms with E-state index >= 15 is 0 Å². The van der Waals surface area contributed by atoms with Crippen LogP contribution in [-0.2, 0) is 9.59 Å². The number of benzene rings is 2. The van der Waals surface area contributed by atoms with E-state index in [1.807, 2.05) is 31.2 Å². The highest BCUT2D eigenvalue weighted by Gasteiger charge is 2.45. The van der Waals surface area contributed by atoms with Gasteiger partial charge in [0.05, 0.1) is 18.2 Å². The van der Waals surface area contributed by atoms with Crippen molar-refractivity contribution in [2.75, 3.05) is 32.8 Å². The Balaban J connectivity index is 1.97. The Kier molecular flexibility index (Phi) is 9.53. The molecule has 1 aliphatic rings. The Morgan fingerprint density at radius 2 is 1.68 bits per heavy atom. The van der Waals surface area contributed by atoms with Crippen LogP contribution in [0.5, 0.6) is 5.75 Å². The molecule has 1 amide bonds. The Hall–Kier alpha value is -2.39. The second-order valence-electron chi connectivity index (χ2n) is 8.30. The van der Waals surface area contributed by atoms with Crippen LogP contribution in [0.3, 0.4) is 0 Å². The summed E-state index contributed by atoms with van der Waals surface area (Å²) in [6.07, 6.45) is 1.65. The number of ether oxygens (including phenoxy) is 1. The minimum Gasteiger partial charge on any atom is -0.507 e. The average molecular weight is 576 g/mol. The molecule has 1 heterocycles. The van der Waals surface area contributed by atoms with Gasteiger partial charge in [-0.3, -0.25) is 9.59 Å². The van der Waals surface area contributed by atoms with Gasteiger partial charge in [0.1, 0.15) is 11.5 Å². The van der Waals surface area contributed by atoms with E-state index < -0.39 is 17.7 Å². The van der Waals surface area contributed by atoms with Gasteiger partial charge >= 0.3 is 0 Å². The molecule has 2 aromatic carbocycles. The number of Topliss-reactive ketones (excluding diaryl/α,β-unsaturated/α-hetero) is 1. The number of aliphatic hydroxyl groups is 1. The molecule has 3 rings (SSSR count). The number of carbonyl (C=O) groups is 2. The molecular weight excluding hydrogens is 543 g/mol. The van der Waals surface area contributed by atoms with E-state index in [-0.39, 0.29) is 11.3 Å². The first kappa shape index (κ1) is 26.2. The number of amides is 1. The lowest BCUT2D eigenvalue weighted by Crippen LogP contribution is -2.33. The van der Waals surface area contributed by atoms with Crippen molar-refractivity contribution in [3.05, 3.63) is 68.8 Å². The van der Waals surface area contributed by atoms with Crippen LogP contribution < -0.4 is 4.74 Å². The van der Waals surface area contributed by atoms with Crippen LogP contribution in [0, 0.1) is 3.57 Å². The highest BCUT2D eigenvalue weighted by atomic mass is 127. The zero-order valence-electron chi connectivity index (χ0n) is 20.1. The summed E-state index contributed by atoms with van der Waals surface area (Å²) in [5.74, 6) is -0.664. The van der Waals surface area contributed by atoms with Crippen molar-refractivity contribution in [3.8, 4) is 5.75 Å². The predicted octanol–water partition coefficient (Wildman–Crippen LogP) is 5.23. The van der Waals surface area contributed by atoms with Crippen molar-refractivity contribution in [1.29, 1.82) is 0 Å². The Morgan fingerprint density at radius 1 is 1.03 bits per heavy atom. The van der Waals surface area contributed by atoms with Gasteiger partial charge in [-0.25, -0.2) is 0 Å². The lowest BCUT2D eigenvalue weighted by atomic mass is 9.95. The fraction of sp³-hybridized carbons (Fsp3) is 0.407. The molecule has 182 valence electrons. The van der Waals surface area contributed by atoms with Crippen molar-refractivity contribution in [2.45, 2.75) is 39.7 Å². The summed E-state index contributed by atoms with van der Waals surface area (Å²) in [7, 11) is 0. The highest BCUT2D eigenvalue weighted by Crippen LogP contribution is 2.39. The number of hydrogen-bond donors (Lipinski definition) is 1. The molecule has 1 N–H and O–H groups in total. The lowest BCUT2D eigenvalue weighted by molar-refractivity contribution is -0.140. The van der Waals surface area contributed by atoms with Gasteiger partial charge in [-0.05, 0) is 97.0 Å². The molecule has 0 radical (unpaired) electrons. The van der Waals surface area contributed by atoms with Crippen LogP contribution in [-0.4, -0.2) is 59.4 Å². The first-order valence-electron chi connectivity index (χ1n) is 11.9. The van der Waals surface area contributed by atoms with E-state index in [0.29, 0.717) is 24.5 Å². The molecule has 1 unspecified atom stereocenters. The number of aliphatic hydroxyl groups excluding tert-OH is 1. The first-order chi connectivity index (χ1) is 16.4. The molecule has 0 aromatic heterocycles. The number of carbonyl (C=O) groups excluding carboxylic acids is 2. The summed E-state index contributed by atoms with van der Waals surface area (Å²) in [5, 5.41) is 11.2. The second kappa shape index (κ2) is 12.4. The summed E-state index contributed by atoms with van der Waals surface area (Å²) in [6, 6.07) is 14.1. The number of halogens is 1. The van der Waals surface area contributed by atoms with Crippen molar-refractivity contribution in [2.24, 2.45) is 0 Å². The highest BCUT2D eigenvalue weighted by molar-refractivity contribution is 14.1. The SMILES string of the molecule is CCCOc1ccc(C(O)=C2C(=O)C(=O)N(CCCN(CC)CC)C2c2ccc(I)cc2)cc1. The maximum absolute atomic E-state index is 13.2. The van der Waals surface area contributed by atoms with Crippen LogP contribution in [0.2, 0.25) is 0 Å². The number of rotatable bonds is 11. The summed E-state index contributed by atoms with van der Waals surface area (Å²) in [5.41, 5.74) is 1.43. The van der Waals surface area contributed by atoms with Gasteiger partial charge < -0.3 is 19.6 Å². The maximum Gasteiger partial charge on any atom is 0.295 e. The molecule has 6 nitrogen and oxygen atoms in total. The molecule has 1 atom stereocenters. The van der Waals surface area contributed by atoms with Crippen LogP contribution in [0.15, 0.2) is 54.1 Å². The Bertz CT molecular complexity index is 1010. The molecule has 0 bridgehead atoms. The zero-order valence-corrected chi connectivity index (χ0v) is 22.2. The number of hydrogen-bond acceptors (Lipinski definition) is 5. The molecule has 0 spiro atoms. The number of nitrogens with zero attached hydrogens (tertiary/aromatic N) is 2. The summed E-state index contributed by atoms with van der Waals surface area (Å²) in [6.45, 7) is 10.0. The van der Waals surface area contributed by atoms with Crippen LogP contribution in [0.1, 0.15) is 50.8 Å². The fourth-order valence-electron chi connectivity index (χ4n) is 4.19. The lowest BCUT2D eigenvalue weighted by Gasteiger charge is -2.27. The van der Waals surface area contributed by atoms with Gasteiger partial charge in [-0.2, -0.15) is 0 Å². The van der Waals surface area contributed by atoms with Gasteiger partial charge in [0.25, 0.3) is 11.7 Å². The molecule has 2 aromatic rings. The van der Waals surface area contributed by atoms with Crippen LogP contribution in [0.4, 0.5) is 0 Å². The summed E-state index contributed by atoms with van der Waals surface area (Å²) < 4.78 is 6.68. The van der Waals surface area contributed by atoms with E-state index in [1.165, 1.54) is 0 Å². The molecular formula is C27H33IN2O4. The van der Waals surface area contributed by atoms with Gasteiger partial charge in [0.2, 0.25) is 0 Å². The molecule has 1 aliphatic heterocycles. The van der Waals surface area contributed by atoms with Gasteiger partial charge in [0, 0.05) is 15.7 Å². The smallest absolute Gasteiger partial charge is 0.295 e. The third-order valence-electron chi connectivity index (χ3n) is 6.09. The average Bonchev–Trinajstić information content (AvgIpc) is 3.10. The van der Waals surface area contributed by atoms with E-state index in [2.05, 4.69) is 41.3 Å². The maximum atomic E-state index is 13.2. The molecule has 7 heteroatoms. The Labute approximate surface area is 215 Å². The van der Waals surface area contributed by atoms with Crippen LogP contribution in [0.25, 0.3) is 5.76 Å². The largest absolute Gasteiger partial charge is 0.507 e. The minimum absolute atomic E-state index is 0.135. The molecule has 0 saturated carbocycles. The van der Waals surface area contributed by atoms with E-state index in [4.69, 9.17) is 4.74 Å².